The molecule has 0 bridgehead atoms. The average molecular weight is 1910 g/mol. The van der Waals surface area contributed by atoms with Crippen molar-refractivity contribution in [1.82, 2.24) is 19.6 Å². The number of benzene rings is 8. The Hall–Kier alpha value is -11.2. The second-order valence-corrected chi connectivity index (χ2v) is 37.7. The van der Waals surface area contributed by atoms with Crippen LogP contribution in [0.5, 0.6) is 0 Å². The molecule has 139 heavy (non-hydrogen) atoms. The molecule has 0 spiro atoms. The van der Waals surface area contributed by atoms with Gasteiger partial charge in [-0.25, -0.2) is 19.2 Å². The number of ether oxygens (including phenoxy) is 5. The molecule has 4 atom stereocenters. The Bertz CT molecular complexity index is 5140. The van der Waals surface area contributed by atoms with Crippen molar-refractivity contribution in [3.63, 3.8) is 0 Å². The molecule has 0 aromatic heterocycles. The number of aliphatic hydroxyl groups excluding tert-OH is 6. The number of ketones is 1. The first kappa shape index (κ1) is 118. The maximum atomic E-state index is 12.2. The molecule has 0 aliphatic carbocycles. The molecule has 0 amide bonds. The number of Topliss-reactive ketones (excluding diaryl/α,β-unsaturated/α-hetero) is 1. The van der Waals surface area contributed by atoms with Crippen molar-refractivity contribution in [1.29, 1.82) is 21.0 Å². The topological polar surface area (TPSA) is 361 Å². The molecule has 6 N–H and O–H groups in total. The number of esters is 4. The number of nitrogens with zero attached hydrogens (tertiary/aromatic N) is 8. The lowest BCUT2D eigenvalue weighted by molar-refractivity contribution is -0.118. The van der Waals surface area contributed by atoms with E-state index in [1.54, 1.807) is 37.4 Å². The summed E-state index contributed by atoms with van der Waals surface area (Å²) in [6.07, 6.45) is 12.5. The minimum absolute atomic E-state index is 0.0850. The summed E-state index contributed by atoms with van der Waals surface area (Å²) in [7, 11) is 12.6. The number of aliphatic hydroxyl groups is 6. The normalized spacial score (nSPS) is 13.0. The number of unbranched alkanes of at least 4 members (excludes halogenated alkanes) is 1. The molecular formula is C115H156N8O16. The fourth-order valence-corrected chi connectivity index (χ4v) is 17.6. The van der Waals surface area contributed by atoms with E-state index in [9.17, 15) is 75.7 Å². The van der Waals surface area contributed by atoms with Crippen molar-refractivity contribution in [2.24, 2.45) is 23.7 Å². The number of carbonyl (C=O) groups is 5. The van der Waals surface area contributed by atoms with Crippen LogP contribution < -0.4 is 0 Å². The Kier molecular flexibility index (Phi) is 52.9. The quantitative estimate of drug-likeness (QED) is 0.0117. The van der Waals surface area contributed by atoms with E-state index < -0.39 is 27.6 Å². The molecular weight excluding hydrogens is 1750 g/mol. The summed E-state index contributed by atoms with van der Waals surface area (Å²) >= 11 is 0. The Morgan fingerprint density at radius 2 is 0.604 bits per heavy atom. The maximum absolute atomic E-state index is 12.2. The van der Waals surface area contributed by atoms with Gasteiger partial charge < -0.3 is 73.9 Å². The molecule has 8 aromatic carbocycles. The standard InChI is InChI=1S/C30H42N2O4.C29H40N2O5.C29H40N2O3.C27H34N2O4/c1-5-6-17-36-29(35)25-10-7-9-24(18-25)13-16-32(4)15-8-14-30(22-31,23(2)3)28-12-11-26(20-33)27(19-28)21-34;1-22(2)29(21-30,27-10-9-25(19-32)26(18-27)20-33)12-6-13-31(3)14-11-23-7-5-8-24(17-23)28(34)36-16-15-35-4;1-5-28(34)17-24-9-6-8-23(16-24)12-15-31(4)14-7-13-29(21-30,22(2)3)27-11-10-25(19-32)26(18-27)20-33;1-20(2)27(19-28,24-12-7-11-23(18-24)26(31)33-5)14-8-15-29(3)16-13-21-9-6-10-22(17-21)25(30)32-4/h7,9-12,18-19,23,33-34H,5-6,8,13-17,20-21H2,1-4H3;5,7-10,17-18,22,32-33H,6,11-16,19-20H2,1-4H3;6,8-11,16,18,22,32-33H,5,7,12-15,17,19-20H2,1-4H3;6-7,9-12,17-18,20H,8,13-16H2,1-5H3. The largest absolute Gasteiger partial charge is 0.465 e. The first-order valence-corrected chi connectivity index (χ1v) is 49.1. The summed E-state index contributed by atoms with van der Waals surface area (Å²) in [5, 5.41) is 98.6. The summed E-state index contributed by atoms with van der Waals surface area (Å²) in [6.45, 7) is 27.4. The number of methoxy groups -OCH3 is 3. The lowest BCUT2D eigenvalue weighted by atomic mass is 9.69. The van der Waals surface area contributed by atoms with Gasteiger partial charge in [0.05, 0.1) is 135 Å². The first-order chi connectivity index (χ1) is 66.7. The van der Waals surface area contributed by atoms with E-state index in [0.29, 0.717) is 101 Å². The molecule has 752 valence electrons. The SMILES string of the molecule is CCC(=O)Cc1cccc(CCN(C)CCCC(C#N)(c2ccc(CO)c(CO)c2)C(C)C)c1.CCCCOC(=O)c1cccc(CCN(C)CCCC(C#N)(c2ccc(CO)c(CO)c2)C(C)C)c1.COC(=O)c1cccc(CCN(C)CCCC(C#N)(c2cccc(C(=O)OC)c2)C(C)C)c1.COCCOC(=O)c1cccc(CCN(C)CCCC(C#N)(c2ccc(CO)c(CO)c2)C(C)C)c1. The van der Waals surface area contributed by atoms with Crippen molar-refractivity contribution in [3.8, 4) is 24.3 Å². The van der Waals surface area contributed by atoms with E-state index in [1.165, 1.54) is 19.8 Å². The number of rotatable bonds is 55. The van der Waals surface area contributed by atoms with Gasteiger partial charge >= 0.3 is 23.9 Å². The summed E-state index contributed by atoms with van der Waals surface area (Å²) in [5.41, 5.74) is 12.7. The van der Waals surface area contributed by atoms with Gasteiger partial charge in [0, 0.05) is 46.1 Å². The molecule has 0 saturated heterocycles. The maximum Gasteiger partial charge on any atom is 0.338 e. The molecule has 24 nitrogen and oxygen atoms in total. The minimum Gasteiger partial charge on any atom is -0.465 e. The van der Waals surface area contributed by atoms with Crippen LogP contribution in [-0.4, -0.2) is 202 Å². The minimum atomic E-state index is -0.681. The molecule has 4 unspecified atom stereocenters. The molecule has 0 radical (unpaired) electrons. The van der Waals surface area contributed by atoms with Gasteiger partial charge in [0.25, 0.3) is 0 Å². The number of hydrogen-bond acceptors (Lipinski definition) is 24. The third-order valence-electron chi connectivity index (χ3n) is 27.0. The van der Waals surface area contributed by atoms with Gasteiger partial charge in [-0.15, -0.1) is 0 Å². The van der Waals surface area contributed by atoms with Crippen LogP contribution in [0.15, 0.2) is 176 Å². The highest BCUT2D eigenvalue weighted by Gasteiger charge is 2.40. The van der Waals surface area contributed by atoms with Crippen molar-refractivity contribution in [2.75, 3.05) is 122 Å². The first-order valence-electron chi connectivity index (χ1n) is 49.1. The molecule has 0 fully saturated rings. The molecule has 0 saturated carbocycles. The number of likely N-dealkylation sites (N-methyl/N-ethyl adjacent to an activating group) is 4. The van der Waals surface area contributed by atoms with Gasteiger partial charge in [0.1, 0.15) is 12.4 Å². The van der Waals surface area contributed by atoms with Crippen LogP contribution in [0.25, 0.3) is 0 Å². The smallest absolute Gasteiger partial charge is 0.338 e. The van der Waals surface area contributed by atoms with Gasteiger partial charge in [0.2, 0.25) is 0 Å². The van der Waals surface area contributed by atoms with E-state index in [-0.39, 0.29) is 93.6 Å². The highest BCUT2D eigenvalue weighted by molar-refractivity contribution is 5.91. The molecule has 24 heteroatoms. The second-order valence-electron chi connectivity index (χ2n) is 37.7. The zero-order valence-electron chi connectivity index (χ0n) is 85.7. The van der Waals surface area contributed by atoms with E-state index in [0.717, 1.165) is 167 Å². The van der Waals surface area contributed by atoms with Crippen LogP contribution in [0.4, 0.5) is 0 Å². The van der Waals surface area contributed by atoms with E-state index in [1.807, 2.05) is 154 Å². The fraction of sp³-hybridized carbons (Fsp3) is 0.504. The van der Waals surface area contributed by atoms with Gasteiger partial charge in [-0.05, 0) is 293 Å². The third-order valence-corrected chi connectivity index (χ3v) is 27.0. The summed E-state index contributed by atoms with van der Waals surface area (Å²) in [4.78, 5) is 68.9. The van der Waals surface area contributed by atoms with Gasteiger partial charge in [-0.1, -0.05) is 203 Å². The highest BCUT2D eigenvalue weighted by Crippen LogP contribution is 2.42. The van der Waals surface area contributed by atoms with Gasteiger partial charge in [-0.2, -0.15) is 21.0 Å². The highest BCUT2D eigenvalue weighted by atomic mass is 16.6. The Balaban J connectivity index is 0.000000327. The molecule has 0 heterocycles. The molecule has 8 rings (SSSR count). The summed E-state index contributed by atoms with van der Waals surface area (Å²) in [5.74, 6) is -0.699. The van der Waals surface area contributed by atoms with Gasteiger partial charge in [0.15, 0.2) is 0 Å². The third kappa shape index (κ3) is 36.1. The summed E-state index contributed by atoms with van der Waals surface area (Å²) in [6, 6.07) is 65.3. The lowest BCUT2D eigenvalue weighted by Gasteiger charge is -2.32. The van der Waals surface area contributed by atoms with E-state index in [4.69, 9.17) is 23.7 Å². The predicted molar refractivity (Wildman–Crippen MR) is 546 cm³/mol. The number of hydrogen-bond donors (Lipinski definition) is 6. The molecule has 0 aliphatic heterocycles. The van der Waals surface area contributed by atoms with Crippen molar-refractivity contribution in [2.45, 2.75) is 233 Å². The number of nitriles is 4. The predicted octanol–water partition coefficient (Wildman–Crippen LogP) is 18.0. The van der Waals surface area contributed by atoms with Crippen LogP contribution in [0, 0.1) is 69.0 Å². The van der Waals surface area contributed by atoms with Crippen LogP contribution >= 0.6 is 0 Å². The molecule has 0 aliphatic rings. The number of carbonyl (C=O) groups excluding carboxylic acids is 5. The van der Waals surface area contributed by atoms with E-state index in [2.05, 4.69) is 133 Å². The zero-order valence-corrected chi connectivity index (χ0v) is 85.7. The molecule has 8 aromatic rings. The monoisotopic (exact) mass is 1910 g/mol. The van der Waals surface area contributed by atoms with Crippen LogP contribution in [-0.2, 0) is 122 Å². The zero-order chi connectivity index (χ0) is 103. The Labute approximate surface area is 828 Å². The summed E-state index contributed by atoms with van der Waals surface area (Å²) < 4.78 is 25.1. The van der Waals surface area contributed by atoms with Crippen LogP contribution in [0.1, 0.15) is 265 Å². The fourth-order valence-electron chi connectivity index (χ4n) is 17.6. The average Bonchev–Trinajstić information content (AvgIpc) is 0.797. The lowest BCUT2D eigenvalue weighted by Crippen LogP contribution is -2.33. The van der Waals surface area contributed by atoms with Crippen LogP contribution in [0.2, 0.25) is 0 Å². The Morgan fingerprint density at radius 3 is 0.892 bits per heavy atom. The van der Waals surface area contributed by atoms with Crippen molar-refractivity contribution in [3.05, 3.63) is 282 Å². The van der Waals surface area contributed by atoms with Gasteiger partial charge in [-0.3, -0.25) is 4.79 Å². The van der Waals surface area contributed by atoms with Crippen LogP contribution in [0.3, 0.4) is 0 Å². The van der Waals surface area contributed by atoms with Crippen molar-refractivity contribution >= 4 is 29.7 Å². The Morgan fingerprint density at radius 1 is 0.324 bits per heavy atom. The van der Waals surface area contributed by atoms with Crippen molar-refractivity contribution < 1.29 is 78.3 Å². The van der Waals surface area contributed by atoms with E-state index >= 15 is 0 Å². The second kappa shape index (κ2) is 62.1.